The monoisotopic (exact) mass is 355 g/mol. The van der Waals surface area contributed by atoms with Crippen molar-refractivity contribution in [3.05, 3.63) is 64.8 Å². The maximum atomic E-state index is 8.85. The molecule has 0 bridgehead atoms. The van der Waals surface area contributed by atoms with E-state index in [1.807, 2.05) is 18.4 Å². The molecule has 0 aliphatic heterocycles. The van der Waals surface area contributed by atoms with E-state index in [0.29, 0.717) is 11.4 Å². The highest BCUT2D eigenvalue weighted by atomic mass is 35.5. The van der Waals surface area contributed by atoms with E-state index in [9.17, 15) is 0 Å². The van der Waals surface area contributed by atoms with Gasteiger partial charge >= 0.3 is 0 Å². The minimum atomic E-state index is 0.518. The number of rotatable bonds is 5. The highest BCUT2D eigenvalue weighted by Crippen LogP contribution is 2.23. The number of thioether (sulfide) groups is 1. The van der Waals surface area contributed by atoms with Crippen LogP contribution in [0.25, 0.3) is 5.82 Å². The molecule has 1 aromatic carbocycles. The van der Waals surface area contributed by atoms with E-state index in [1.165, 1.54) is 12.5 Å². The number of aryl methyl sites for hydroxylation is 2. The fraction of sp³-hybridized carbons (Fsp3) is 0.176. The van der Waals surface area contributed by atoms with Crippen LogP contribution < -0.4 is 0 Å². The largest absolute Gasteiger partial charge is 0.236 e. The summed E-state index contributed by atoms with van der Waals surface area (Å²) >= 11 is 7.83. The van der Waals surface area contributed by atoms with Crippen LogP contribution in [0, 0.1) is 11.3 Å². The lowest BCUT2D eigenvalue weighted by atomic mass is 10.1. The first-order valence-electron chi connectivity index (χ1n) is 7.28. The smallest absolute Gasteiger partial charge is 0.155 e. The van der Waals surface area contributed by atoms with E-state index >= 15 is 0 Å². The summed E-state index contributed by atoms with van der Waals surface area (Å²) in [5.74, 6) is 1.47. The lowest BCUT2D eigenvalue weighted by molar-refractivity contribution is 0.752. The molecule has 5 nitrogen and oxygen atoms in total. The molecule has 0 radical (unpaired) electrons. The number of aromatic nitrogens is 4. The SMILES string of the molecule is CSc1cc(Cl)cc(CCc2ncnn2-c2ccc(C#N)cn2)c1. The normalized spacial score (nSPS) is 10.5. The van der Waals surface area contributed by atoms with Gasteiger partial charge in [0.05, 0.1) is 5.56 Å². The van der Waals surface area contributed by atoms with Crippen molar-refractivity contribution < 1.29 is 0 Å². The van der Waals surface area contributed by atoms with Gasteiger partial charge < -0.3 is 0 Å². The zero-order valence-electron chi connectivity index (χ0n) is 13.0. The van der Waals surface area contributed by atoms with Crippen LogP contribution in [0.1, 0.15) is 17.0 Å². The first kappa shape index (κ1) is 16.5. The third-order valence-electron chi connectivity index (χ3n) is 3.52. The summed E-state index contributed by atoms with van der Waals surface area (Å²) in [4.78, 5) is 9.73. The minimum Gasteiger partial charge on any atom is -0.236 e. The number of benzene rings is 1. The van der Waals surface area contributed by atoms with Crippen LogP contribution in [0.2, 0.25) is 5.02 Å². The number of hydrogen-bond acceptors (Lipinski definition) is 5. The molecular weight excluding hydrogens is 342 g/mol. The van der Waals surface area contributed by atoms with Crippen LogP contribution in [0.3, 0.4) is 0 Å². The maximum Gasteiger partial charge on any atom is 0.155 e. The van der Waals surface area contributed by atoms with E-state index in [2.05, 4.69) is 27.2 Å². The molecule has 2 aromatic heterocycles. The van der Waals surface area contributed by atoms with Crippen LogP contribution in [-0.2, 0) is 12.8 Å². The number of hydrogen-bond donors (Lipinski definition) is 0. The molecular formula is C17H14ClN5S. The summed E-state index contributed by atoms with van der Waals surface area (Å²) in [5, 5.41) is 13.8. The molecule has 0 fully saturated rings. The third kappa shape index (κ3) is 3.75. The summed E-state index contributed by atoms with van der Waals surface area (Å²) in [6, 6.07) is 11.6. The Hall–Kier alpha value is -2.36. The molecule has 2 heterocycles. The molecule has 0 aliphatic carbocycles. The zero-order chi connectivity index (χ0) is 16.9. The number of nitrogens with zero attached hydrogens (tertiary/aromatic N) is 5. The Bertz CT molecular complexity index is 883. The quantitative estimate of drug-likeness (QED) is 0.653. The van der Waals surface area contributed by atoms with Gasteiger partial charge in [0.15, 0.2) is 5.82 Å². The summed E-state index contributed by atoms with van der Waals surface area (Å²) in [7, 11) is 0. The average molecular weight is 356 g/mol. The predicted octanol–water partition coefficient (Wildman–Crippen LogP) is 3.69. The maximum absolute atomic E-state index is 8.85. The predicted molar refractivity (Wildman–Crippen MR) is 94.5 cm³/mol. The lowest BCUT2D eigenvalue weighted by Crippen LogP contribution is -2.06. The molecule has 7 heteroatoms. The molecule has 3 aromatic rings. The second-order valence-corrected chi connectivity index (χ2v) is 6.42. The second kappa shape index (κ2) is 7.47. The number of nitriles is 1. The van der Waals surface area contributed by atoms with E-state index in [4.69, 9.17) is 16.9 Å². The molecule has 120 valence electrons. The number of pyridine rings is 1. The Labute approximate surface area is 149 Å². The minimum absolute atomic E-state index is 0.518. The molecule has 0 N–H and O–H groups in total. The van der Waals surface area contributed by atoms with Crippen LogP contribution in [0.4, 0.5) is 0 Å². The van der Waals surface area contributed by atoms with Gasteiger partial charge in [0, 0.05) is 22.5 Å². The van der Waals surface area contributed by atoms with Gasteiger partial charge in [-0.05, 0) is 48.6 Å². The van der Waals surface area contributed by atoms with Crippen LogP contribution in [0.5, 0.6) is 0 Å². The van der Waals surface area contributed by atoms with Crippen molar-refractivity contribution in [2.75, 3.05) is 6.26 Å². The van der Waals surface area contributed by atoms with Gasteiger partial charge in [-0.15, -0.1) is 11.8 Å². The van der Waals surface area contributed by atoms with Crippen molar-refractivity contribution in [2.24, 2.45) is 0 Å². The molecule has 0 saturated heterocycles. The van der Waals surface area contributed by atoms with Gasteiger partial charge in [-0.1, -0.05) is 11.6 Å². The first-order valence-corrected chi connectivity index (χ1v) is 8.89. The zero-order valence-corrected chi connectivity index (χ0v) is 14.6. The molecule has 0 unspecified atom stereocenters. The Balaban J connectivity index is 1.78. The van der Waals surface area contributed by atoms with Crippen LogP contribution in [-0.4, -0.2) is 26.0 Å². The van der Waals surface area contributed by atoms with Crippen LogP contribution >= 0.6 is 23.4 Å². The van der Waals surface area contributed by atoms with E-state index in [1.54, 1.807) is 28.6 Å². The highest BCUT2D eigenvalue weighted by molar-refractivity contribution is 7.98. The first-order chi connectivity index (χ1) is 11.7. The Morgan fingerprint density at radius 1 is 1.21 bits per heavy atom. The van der Waals surface area contributed by atoms with Crippen molar-refractivity contribution in [3.63, 3.8) is 0 Å². The lowest BCUT2D eigenvalue weighted by Gasteiger charge is -2.07. The van der Waals surface area contributed by atoms with Crippen molar-refractivity contribution >= 4 is 23.4 Å². The van der Waals surface area contributed by atoms with Crippen molar-refractivity contribution in [1.29, 1.82) is 5.26 Å². The Morgan fingerprint density at radius 3 is 2.79 bits per heavy atom. The molecule has 24 heavy (non-hydrogen) atoms. The molecule has 0 amide bonds. The Kier molecular flexibility index (Phi) is 5.14. The number of halogens is 1. The molecule has 3 rings (SSSR count). The van der Waals surface area contributed by atoms with Gasteiger partial charge in [0.25, 0.3) is 0 Å². The van der Waals surface area contributed by atoms with Gasteiger partial charge in [0.1, 0.15) is 18.2 Å². The van der Waals surface area contributed by atoms with Crippen LogP contribution in [0.15, 0.2) is 47.8 Å². The molecule has 0 saturated carbocycles. The van der Waals surface area contributed by atoms with Gasteiger partial charge in [-0.25, -0.2) is 9.97 Å². The highest BCUT2D eigenvalue weighted by Gasteiger charge is 2.09. The average Bonchev–Trinajstić information content (AvgIpc) is 3.08. The van der Waals surface area contributed by atoms with Gasteiger partial charge in [-0.2, -0.15) is 15.0 Å². The fourth-order valence-corrected chi connectivity index (χ4v) is 3.18. The van der Waals surface area contributed by atoms with Crippen molar-refractivity contribution in [3.8, 4) is 11.9 Å². The summed E-state index contributed by atoms with van der Waals surface area (Å²) in [6.45, 7) is 0. The van der Waals surface area contributed by atoms with Gasteiger partial charge in [-0.3, -0.25) is 0 Å². The standard InChI is InChI=1S/C17H14ClN5S/c1-24-15-7-12(6-14(18)8-15)2-4-17-21-11-22-23(17)16-5-3-13(9-19)10-20-16/h3,5-8,10-11H,2,4H2,1H3. The van der Waals surface area contributed by atoms with Gasteiger partial charge in [0.2, 0.25) is 0 Å². The summed E-state index contributed by atoms with van der Waals surface area (Å²) in [6.07, 6.45) is 6.60. The van der Waals surface area contributed by atoms with Crippen molar-refractivity contribution in [1.82, 2.24) is 19.7 Å². The summed E-state index contributed by atoms with van der Waals surface area (Å²) in [5.41, 5.74) is 1.68. The van der Waals surface area contributed by atoms with Crippen molar-refractivity contribution in [2.45, 2.75) is 17.7 Å². The molecule has 0 aliphatic rings. The van der Waals surface area contributed by atoms with E-state index in [-0.39, 0.29) is 0 Å². The fourth-order valence-electron chi connectivity index (χ4n) is 2.34. The topological polar surface area (TPSA) is 67.4 Å². The summed E-state index contributed by atoms with van der Waals surface area (Å²) < 4.78 is 1.70. The Morgan fingerprint density at radius 2 is 2.08 bits per heavy atom. The molecule has 0 spiro atoms. The molecule has 0 atom stereocenters. The van der Waals surface area contributed by atoms with E-state index in [0.717, 1.165) is 34.1 Å². The van der Waals surface area contributed by atoms with E-state index < -0.39 is 0 Å². The second-order valence-electron chi connectivity index (χ2n) is 5.10. The third-order valence-corrected chi connectivity index (χ3v) is 4.44.